The van der Waals surface area contributed by atoms with Gasteiger partial charge < -0.3 is 19.7 Å². The van der Waals surface area contributed by atoms with Gasteiger partial charge in [-0.3, -0.25) is 19.2 Å². The summed E-state index contributed by atoms with van der Waals surface area (Å²) < 4.78 is 171. The number of aromatic amines is 3. The zero-order valence-corrected chi connectivity index (χ0v) is 45.9. The Labute approximate surface area is 460 Å². The molecule has 0 spiro atoms. The highest BCUT2D eigenvalue weighted by molar-refractivity contribution is 9.10. The van der Waals surface area contributed by atoms with Gasteiger partial charge in [-0.25, -0.2) is 42.8 Å². The van der Waals surface area contributed by atoms with Crippen LogP contribution in [0, 0.1) is 46.5 Å². The van der Waals surface area contributed by atoms with Gasteiger partial charge in [0, 0.05) is 97.8 Å². The van der Waals surface area contributed by atoms with E-state index in [-0.39, 0.29) is 43.1 Å². The molecule has 0 saturated carbocycles. The van der Waals surface area contributed by atoms with E-state index in [2.05, 4.69) is 66.5 Å². The monoisotopic (exact) mass is 1280 g/mol. The highest BCUT2D eigenvalue weighted by Crippen LogP contribution is 2.33. The standard InChI is InChI=1S/C19H12F2N4O2S.C17H16BrF2N3O3S.C13H7BrClF2N3O2S/c20-14-9-16(15(21)8-12(14)5-6-22)25-28(26,27)17-10-24-19-13(17)4-3-11-2-1-7-23-18(11)19;1-26-6-2-3-10-7-13(19)17(22-16(10)20)23-27(24,25)15-9-21-14-8-11(18)4-5-12(14)15;14-8-4-9(16)13(19-12(8)17)20-23(21,22)11-5-18-10-3-6(15)1-2-7(10)11/h1-4,7-10,24-25H,5H2;4-5,7-9,21H,2-3,6H2,1H3,(H,22,23);1-5,18H,(H,19,20). The molecule has 0 saturated heterocycles. The maximum Gasteiger partial charge on any atom is 0.265 e. The highest BCUT2D eigenvalue weighted by atomic mass is 79.9. The Kier molecular flexibility index (Phi) is 17.1. The number of hydrogen-bond donors (Lipinski definition) is 6. The number of sulfonamides is 3. The highest BCUT2D eigenvalue weighted by Gasteiger charge is 2.26. The summed E-state index contributed by atoms with van der Waals surface area (Å²) in [6.45, 7) is 0.395. The molecule has 0 aliphatic heterocycles. The fraction of sp³-hybridized carbons (Fsp3) is 0.102. The molecule has 0 fully saturated rings. The first-order valence-electron chi connectivity index (χ1n) is 22.2. The van der Waals surface area contributed by atoms with Crippen LogP contribution in [0.2, 0.25) is 5.02 Å². The van der Waals surface area contributed by atoms with Crippen LogP contribution in [0.5, 0.6) is 0 Å². The van der Waals surface area contributed by atoms with Crippen molar-refractivity contribution in [3.8, 4) is 6.07 Å². The van der Waals surface area contributed by atoms with Crippen molar-refractivity contribution in [2.45, 2.75) is 33.9 Å². The molecule has 0 amide bonds. The minimum atomic E-state index is -4.21. The van der Waals surface area contributed by atoms with Gasteiger partial charge in [0.15, 0.2) is 23.3 Å². The van der Waals surface area contributed by atoms with Crippen LogP contribution in [0.1, 0.15) is 17.5 Å². The Bertz CT molecular complexity index is 4360. The second kappa shape index (κ2) is 23.4. The van der Waals surface area contributed by atoms with E-state index < -0.39 is 82.6 Å². The molecule has 10 aromatic rings. The Hall–Kier alpha value is -7.26. The second-order valence-electron chi connectivity index (χ2n) is 16.4. The predicted octanol–water partition coefficient (Wildman–Crippen LogP) is 11.9. The molecule has 0 bridgehead atoms. The number of nitriles is 1. The third-order valence-corrected chi connectivity index (χ3v) is 16.7. The van der Waals surface area contributed by atoms with Crippen molar-refractivity contribution in [1.29, 1.82) is 5.26 Å². The summed E-state index contributed by atoms with van der Waals surface area (Å²) in [6.07, 6.45) is 5.79. The van der Waals surface area contributed by atoms with E-state index in [9.17, 15) is 51.6 Å². The number of halogens is 9. The first-order chi connectivity index (χ1) is 37.0. The number of pyridine rings is 3. The smallest absolute Gasteiger partial charge is 0.265 e. The molecule has 404 valence electrons. The van der Waals surface area contributed by atoms with Crippen molar-refractivity contribution in [1.82, 2.24) is 29.9 Å². The summed E-state index contributed by atoms with van der Waals surface area (Å²) in [5.74, 6) is -7.16. The fourth-order valence-electron chi connectivity index (χ4n) is 7.65. The summed E-state index contributed by atoms with van der Waals surface area (Å²) in [5, 5.41) is 11.0. The molecule has 78 heavy (non-hydrogen) atoms. The number of fused-ring (bicyclic) bond motifs is 5. The van der Waals surface area contributed by atoms with E-state index in [1.54, 1.807) is 54.7 Å². The van der Waals surface area contributed by atoms with Gasteiger partial charge in [-0.1, -0.05) is 51.8 Å². The number of hydrogen-bond acceptors (Lipinski definition) is 11. The third-order valence-electron chi connectivity index (χ3n) is 11.3. The number of ether oxygens (including phenoxy) is 1. The average molecular weight is 1280 g/mol. The normalized spacial score (nSPS) is 11.8. The molecule has 6 aromatic heterocycles. The molecule has 10 rings (SSSR count). The summed E-state index contributed by atoms with van der Waals surface area (Å²) in [7, 11) is -11.0. The Morgan fingerprint density at radius 2 is 1.23 bits per heavy atom. The molecular formula is C49H35Br2ClF6N10O7S3. The lowest BCUT2D eigenvalue weighted by Gasteiger charge is -2.10. The molecule has 0 atom stereocenters. The number of benzene rings is 4. The first-order valence-corrected chi connectivity index (χ1v) is 28.6. The zero-order chi connectivity index (χ0) is 56.3. The Morgan fingerprint density at radius 1 is 0.654 bits per heavy atom. The average Bonchev–Trinajstić information content (AvgIpc) is 4.20. The number of nitrogens with one attached hydrogen (secondary N) is 6. The largest absolute Gasteiger partial charge is 0.385 e. The lowest BCUT2D eigenvalue weighted by molar-refractivity contribution is 0.195. The van der Waals surface area contributed by atoms with Crippen LogP contribution in [0.4, 0.5) is 43.7 Å². The molecule has 0 unspecified atom stereocenters. The predicted molar refractivity (Wildman–Crippen MR) is 287 cm³/mol. The van der Waals surface area contributed by atoms with Crippen LogP contribution < -0.4 is 14.2 Å². The molecule has 17 nitrogen and oxygen atoms in total. The van der Waals surface area contributed by atoms with Gasteiger partial charge in [0.05, 0.1) is 33.7 Å². The number of rotatable bonds is 14. The van der Waals surface area contributed by atoms with Gasteiger partial charge in [0.25, 0.3) is 30.1 Å². The van der Waals surface area contributed by atoms with Crippen LogP contribution in [-0.4, -0.2) is 68.9 Å². The van der Waals surface area contributed by atoms with Crippen molar-refractivity contribution in [3.63, 3.8) is 0 Å². The molecular weight excluding hydrogens is 1250 g/mol. The minimum Gasteiger partial charge on any atom is -0.385 e. The lowest BCUT2D eigenvalue weighted by Crippen LogP contribution is -2.16. The molecule has 0 radical (unpaired) electrons. The van der Waals surface area contributed by atoms with Gasteiger partial charge >= 0.3 is 0 Å². The SMILES string of the molecule is COCCCc1cc(F)c(NS(=O)(=O)c2c[nH]c3cc(Br)ccc23)nc1F.N#CCc1cc(F)c(NS(=O)(=O)c2c[nH]c3c2ccc2cccnc23)cc1F.O=S(=O)(Nc1nc(F)c(Br)cc1F)c1c[nH]c2cc(Cl)ccc12. The van der Waals surface area contributed by atoms with Crippen LogP contribution in [0.3, 0.4) is 0 Å². The maximum absolute atomic E-state index is 14.3. The van der Waals surface area contributed by atoms with Crippen LogP contribution >= 0.6 is 43.5 Å². The van der Waals surface area contributed by atoms with E-state index in [1.807, 2.05) is 15.5 Å². The van der Waals surface area contributed by atoms with E-state index in [4.69, 9.17) is 21.6 Å². The molecule has 6 heterocycles. The van der Waals surface area contributed by atoms with E-state index in [0.29, 0.717) is 56.3 Å². The summed E-state index contributed by atoms with van der Waals surface area (Å²) >= 11 is 11.9. The number of nitrogens with zero attached hydrogens (tertiary/aromatic N) is 4. The van der Waals surface area contributed by atoms with E-state index in [0.717, 1.165) is 34.1 Å². The number of aromatic nitrogens is 6. The van der Waals surface area contributed by atoms with E-state index in [1.165, 1.54) is 37.8 Å². The van der Waals surface area contributed by atoms with Crippen molar-refractivity contribution in [2.24, 2.45) is 0 Å². The van der Waals surface area contributed by atoms with Crippen LogP contribution in [-0.2, 0) is 47.6 Å². The second-order valence-corrected chi connectivity index (χ2v) is 23.6. The number of H-pyrrole nitrogens is 3. The van der Waals surface area contributed by atoms with Crippen LogP contribution in [0.25, 0.3) is 43.6 Å². The van der Waals surface area contributed by atoms with Gasteiger partial charge in [-0.15, -0.1) is 0 Å². The minimum absolute atomic E-state index is 0.0597. The van der Waals surface area contributed by atoms with Crippen molar-refractivity contribution in [2.75, 3.05) is 27.9 Å². The summed E-state index contributed by atoms with van der Waals surface area (Å²) in [4.78, 5) is 19.1. The first kappa shape index (κ1) is 56.9. The third kappa shape index (κ3) is 12.5. The Balaban J connectivity index is 0.000000155. The molecule has 0 aliphatic rings. The van der Waals surface area contributed by atoms with Crippen molar-refractivity contribution in [3.05, 3.63) is 170 Å². The number of aryl methyl sites for hydroxylation is 1. The van der Waals surface area contributed by atoms with Gasteiger partial charge in [0.2, 0.25) is 11.9 Å². The van der Waals surface area contributed by atoms with Crippen molar-refractivity contribution < 1.29 is 56.3 Å². The van der Waals surface area contributed by atoms with Crippen molar-refractivity contribution >= 4 is 134 Å². The molecule has 29 heteroatoms. The quantitative estimate of drug-likeness (QED) is 0.0339. The van der Waals surface area contributed by atoms with Gasteiger partial charge in [0.1, 0.15) is 26.3 Å². The topological polar surface area (TPSA) is 258 Å². The van der Waals surface area contributed by atoms with E-state index >= 15 is 0 Å². The molecule has 4 aromatic carbocycles. The lowest BCUT2D eigenvalue weighted by atomic mass is 10.1. The van der Waals surface area contributed by atoms with Crippen LogP contribution in [0.15, 0.2) is 133 Å². The number of anilines is 3. The summed E-state index contributed by atoms with van der Waals surface area (Å²) in [6, 6.07) is 21.5. The molecule has 6 N–H and O–H groups in total. The Morgan fingerprint density at radius 3 is 1.90 bits per heavy atom. The maximum atomic E-state index is 14.3. The molecule has 0 aliphatic carbocycles. The fourth-order valence-corrected chi connectivity index (χ4v) is 12.1. The number of methoxy groups -OCH3 is 1. The van der Waals surface area contributed by atoms with Gasteiger partial charge in [-0.05, 0) is 83.4 Å². The summed E-state index contributed by atoms with van der Waals surface area (Å²) in [5.41, 5.74) is 1.57. The zero-order valence-electron chi connectivity index (χ0n) is 39.5. The van der Waals surface area contributed by atoms with Gasteiger partial charge in [-0.2, -0.15) is 24.0 Å².